The van der Waals surface area contributed by atoms with Crippen LogP contribution in [0.15, 0.2) is 48.5 Å². The first-order valence-electron chi connectivity index (χ1n) is 17.4. The summed E-state index contributed by atoms with van der Waals surface area (Å²) in [4.78, 5) is 0. The summed E-state index contributed by atoms with van der Waals surface area (Å²) in [6, 6.07) is 16.9. The van der Waals surface area contributed by atoms with Crippen molar-refractivity contribution in [1.29, 1.82) is 0 Å². The van der Waals surface area contributed by atoms with E-state index in [1.807, 2.05) is 0 Å². The van der Waals surface area contributed by atoms with Crippen molar-refractivity contribution in [2.75, 3.05) is 67.6 Å². The first kappa shape index (κ1) is 36.2. The van der Waals surface area contributed by atoms with E-state index in [9.17, 15) is 0 Å². The summed E-state index contributed by atoms with van der Waals surface area (Å²) in [7, 11) is 9.45. The minimum absolute atomic E-state index is 0.740. The van der Waals surface area contributed by atoms with E-state index < -0.39 is 0 Å². The molecule has 0 spiro atoms. The number of unbranched alkanes of at least 4 members (excludes halogenated alkanes) is 10. The smallest absolute Gasteiger partial charge is 0.127 e. The predicted octanol–water partition coefficient (Wildman–Crippen LogP) is 9.77. The number of quaternary nitrogens is 2. The van der Waals surface area contributed by atoms with Crippen LogP contribution in [0.5, 0.6) is 11.5 Å². The highest BCUT2D eigenvalue weighted by Gasteiger charge is 2.17. The molecule has 0 saturated heterocycles. The van der Waals surface area contributed by atoms with Gasteiger partial charge in [-0.2, -0.15) is 0 Å². The third-order valence-corrected chi connectivity index (χ3v) is 8.63. The topological polar surface area (TPSA) is 18.5 Å². The molecule has 0 amide bonds. The van der Waals surface area contributed by atoms with Crippen LogP contribution in [0.3, 0.4) is 0 Å². The van der Waals surface area contributed by atoms with Crippen molar-refractivity contribution in [3.8, 4) is 22.6 Å². The Morgan fingerprint density at radius 1 is 0.429 bits per heavy atom. The number of hydrogen-bond acceptors (Lipinski definition) is 2. The normalized spacial score (nSPS) is 12.0. The van der Waals surface area contributed by atoms with Crippen molar-refractivity contribution in [2.45, 2.75) is 104 Å². The van der Waals surface area contributed by atoms with Gasteiger partial charge >= 0.3 is 0 Å². The fourth-order valence-electron chi connectivity index (χ4n) is 5.84. The summed E-state index contributed by atoms with van der Waals surface area (Å²) in [6.07, 6.45) is 18.4. The Hall–Kier alpha value is -2.04. The Bertz CT molecular complexity index is 878. The first-order chi connectivity index (χ1) is 20.3. The van der Waals surface area contributed by atoms with Gasteiger partial charge in [0.1, 0.15) is 11.5 Å². The second-order valence-corrected chi connectivity index (χ2v) is 13.7. The van der Waals surface area contributed by atoms with E-state index in [4.69, 9.17) is 9.47 Å². The minimum atomic E-state index is 0.740. The SMILES string of the molecule is CCCCCCCC[N+](C)(C)CCCOc1ccccc1-c1ccccc1OCCC[N+](C)(C)CCCCCCCC. The molecule has 0 bridgehead atoms. The molecule has 0 atom stereocenters. The van der Waals surface area contributed by atoms with Crippen molar-refractivity contribution >= 4 is 0 Å². The number of para-hydroxylation sites is 2. The summed E-state index contributed by atoms with van der Waals surface area (Å²) in [5, 5.41) is 0. The Morgan fingerprint density at radius 3 is 1.17 bits per heavy atom. The molecule has 0 unspecified atom stereocenters. The lowest BCUT2D eigenvalue weighted by Crippen LogP contribution is -2.41. The zero-order valence-corrected chi connectivity index (χ0v) is 28.5. The monoisotopic (exact) mass is 583 g/mol. The lowest BCUT2D eigenvalue weighted by atomic mass is 10.0. The van der Waals surface area contributed by atoms with E-state index in [-0.39, 0.29) is 0 Å². The van der Waals surface area contributed by atoms with Crippen LogP contribution in [0.4, 0.5) is 0 Å². The Kier molecular flexibility index (Phi) is 17.9. The molecule has 0 aliphatic rings. The minimum Gasteiger partial charge on any atom is -0.493 e. The highest BCUT2D eigenvalue weighted by Crippen LogP contribution is 2.36. The number of hydrogen-bond donors (Lipinski definition) is 0. The van der Waals surface area contributed by atoms with Gasteiger partial charge in [0.05, 0.1) is 67.6 Å². The molecule has 2 rings (SSSR count). The van der Waals surface area contributed by atoms with Crippen molar-refractivity contribution in [1.82, 2.24) is 0 Å². The van der Waals surface area contributed by atoms with Gasteiger partial charge in [0.15, 0.2) is 0 Å². The lowest BCUT2D eigenvalue weighted by Gasteiger charge is -2.30. The van der Waals surface area contributed by atoms with Gasteiger partial charge < -0.3 is 18.4 Å². The number of nitrogens with zero attached hydrogens (tertiary/aromatic N) is 2. The van der Waals surface area contributed by atoms with Gasteiger partial charge in [-0.25, -0.2) is 0 Å². The second kappa shape index (κ2) is 20.8. The largest absolute Gasteiger partial charge is 0.493 e. The Morgan fingerprint density at radius 2 is 0.762 bits per heavy atom. The van der Waals surface area contributed by atoms with E-state index in [0.717, 1.165) is 70.7 Å². The van der Waals surface area contributed by atoms with Crippen molar-refractivity contribution in [2.24, 2.45) is 0 Å². The van der Waals surface area contributed by atoms with Crippen LogP contribution < -0.4 is 9.47 Å². The zero-order valence-electron chi connectivity index (χ0n) is 28.5. The molecule has 0 aliphatic heterocycles. The van der Waals surface area contributed by atoms with Crippen LogP contribution in [-0.2, 0) is 0 Å². The van der Waals surface area contributed by atoms with E-state index in [1.165, 1.54) is 90.1 Å². The third-order valence-electron chi connectivity index (χ3n) is 8.63. The maximum absolute atomic E-state index is 6.38. The van der Waals surface area contributed by atoms with Gasteiger partial charge in [0.2, 0.25) is 0 Å². The molecule has 0 aromatic heterocycles. The first-order valence-corrected chi connectivity index (χ1v) is 17.4. The third kappa shape index (κ3) is 15.4. The number of ether oxygens (including phenoxy) is 2. The fourth-order valence-corrected chi connectivity index (χ4v) is 5.84. The molecular weight excluding hydrogens is 516 g/mol. The number of benzene rings is 2. The van der Waals surface area contributed by atoms with Gasteiger partial charge in [-0.3, -0.25) is 0 Å². The summed E-state index contributed by atoms with van der Waals surface area (Å²) >= 11 is 0. The quantitative estimate of drug-likeness (QED) is 0.0857. The lowest BCUT2D eigenvalue weighted by molar-refractivity contribution is -0.890. The number of rotatable bonds is 25. The molecule has 0 radical (unpaired) electrons. The van der Waals surface area contributed by atoms with Crippen molar-refractivity contribution in [3.63, 3.8) is 0 Å². The average Bonchev–Trinajstić information content (AvgIpc) is 2.97. The second-order valence-electron chi connectivity index (χ2n) is 13.7. The fraction of sp³-hybridized carbons (Fsp3) is 0.684. The van der Waals surface area contributed by atoms with Crippen LogP contribution >= 0.6 is 0 Å². The van der Waals surface area contributed by atoms with Gasteiger partial charge in [0, 0.05) is 24.0 Å². The van der Waals surface area contributed by atoms with Gasteiger partial charge in [0.25, 0.3) is 0 Å². The molecule has 238 valence electrons. The van der Waals surface area contributed by atoms with E-state index in [0.29, 0.717) is 0 Å². The van der Waals surface area contributed by atoms with Gasteiger partial charge in [-0.1, -0.05) is 102 Å². The highest BCUT2D eigenvalue weighted by atomic mass is 16.5. The predicted molar refractivity (Wildman–Crippen MR) is 183 cm³/mol. The maximum Gasteiger partial charge on any atom is 0.127 e. The van der Waals surface area contributed by atoms with Crippen LogP contribution in [-0.4, -0.2) is 76.5 Å². The standard InChI is InChI=1S/C38H66N2O2/c1-7-9-11-13-15-21-29-39(3,4)31-23-33-41-37-27-19-17-25-35(37)36-26-18-20-28-38(36)42-34-24-32-40(5,6)30-22-16-14-12-10-8-2/h17-20,25-28H,7-16,21-24,29-34H2,1-6H3/q+2. The molecule has 0 saturated carbocycles. The van der Waals surface area contributed by atoms with E-state index in [2.05, 4.69) is 90.6 Å². The highest BCUT2D eigenvalue weighted by molar-refractivity contribution is 5.75. The molecule has 4 nitrogen and oxygen atoms in total. The van der Waals surface area contributed by atoms with Gasteiger partial charge in [-0.05, 0) is 37.8 Å². The van der Waals surface area contributed by atoms with Gasteiger partial charge in [-0.15, -0.1) is 0 Å². The molecule has 42 heavy (non-hydrogen) atoms. The molecule has 4 heteroatoms. The van der Waals surface area contributed by atoms with Crippen molar-refractivity contribution in [3.05, 3.63) is 48.5 Å². The maximum atomic E-state index is 6.38. The summed E-state index contributed by atoms with van der Waals surface area (Å²) in [5.74, 6) is 1.90. The average molecular weight is 583 g/mol. The molecule has 0 heterocycles. The summed E-state index contributed by atoms with van der Waals surface area (Å²) in [6.45, 7) is 10.8. The van der Waals surface area contributed by atoms with Crippen LogP contribution in [0, 0.1) is 0 Å². The molecule has 2 aromatic carbocycles. The Balaban J connectivity index is 1.81. The summed E-state index contributed by atoms with van der Waals surface area (Å²) < 4.78 is 14.9. The van der Waals surface area contributed by atoms with Crippen LogP contribution in [0.2, 0.25) is 0 Å². The molecule has 0 N–H and O–H groups in total. The Labute approximate surface area is 260 Å². The zero-order chi connectivity index (χ0) is 30.5. The molecular formula is C38H66N2O2+2. The van der Waals surface area contributed by atoms with Crippen molar-refractivity contribution < 1.29 is 18.4 Å². The molecule has 0 aliphatic carbocycles. The molecule has 2 aromatic rings. The van der Waals surface area contributed by atoms with E-state index >= 15 is 0 Å². The summed E-state index contributed by atoms with van der Waals surface area (Å²) in [5.41, 5.74) is 2.24. The van der Waals surface area contributed by atoms with Crippen LogP contribution in [0.1, 0.15) is 104 Å². The van der Waals surface area contributed by atoms with Crippen LogP contribution in [0.25, 0.3) is 11.1 Å². The molecule has 0 fully saturated rings. The van der Waals surface area contributed by atoms with E-state index in [1.54, 1.807) is 0 Å².